The van der Waals surface area contributed by atoms with Crippen LogP contribution in [0.15, 0.2) is 54.9 Å². The fraction of sp³-hybridized carbons (Fsp3) is 0.0625. The smallest absolute Gasteiger partial charge is 0.255 e. The lowest BCUT2D eigenvalue weighted by Gasteiger charge is -2.08. The summed E-state index contributed by atoms with van der Waals surface area (Å²) in [5.74, 6) is -0.509. The average Bonchev–Trinajstić information content (AvgIpc) is 3.16. The van der Waals surface area contributed by atoms with Crippen LogP contribution in [0, 0.1) is 0 Å². The van der Waals surface area contributed by atoms with Crippen LogP contribution in [0.5, 0.6) is 0 Å². The molecule has 3 rings (SSSR count). The summed E-state index contributed by atoms with van der Waals surface area (Å²) >= 11 is 0. The van der Waals surface area contributed by atoms with E-state index in [4.69, 9.17) is 0 Å². The van der Waals surface area contributed by atoms with Crippen LogP contribution in [0.25, 0.3) is 5.69 Å². The lowest BCUT2D eigenvalue weighted by molar-refractivity contribution is 0.0961. The molecule has 8 heteroatoms. The van der Waals surface area contributed by atoms with Crippen LogP contribution in [0.2, 0.25) is 0 Å². The average molecular weight is 322 g/mol. The molecule has 0 fully saturated rings. The highest BCUT2D eigenvalue weighted by atomic mass is 16.2. The standard InChI is InChI=1S/C16H14N6O2/c1-17-15(23)11-4-2-6-13(8-11)19-16(24)12-5-3-7-14(9-12)22-10-18-20-21-22/h2-10H,1H3,(H,17,23)(H,19,24). The molecule has 0 atom stereocenters. The van der Waals surface area contributed by atoms with E-state index in [1.54, 1.807) is 55.6 Å². The predicted octanol–water partition coefficient (Wildman–Crippen LogP) is 1.27. The number of carbonyl (C=O) groups excluding carboxylic acids is 2. The second kappa shape index (κ2) is 6.69. The fourth-order valence-corrected chi connectivity index (χ4v) is 2.16. The van der Waals surface area contributed by atoms with Crippen molar-refractivity contribution in [3.05, 3.63) is 66.0 Å². The largest absolute Gasteiger partial charge is 0.355 e. The van der Waals surface area contributed by atoms with E-state index < -0.39 is 0 Å². The molecule has 0 aliphatic heterocycles. The molecule has 1 heterocycles. The van der Waals surface area contributed by atoms with Gasteiger partial charge in [-0.1, -0.05) is 12.1 Å². The van der Waals surface area contributed by atoms with Crippen LogP contribution >= 0.6 is 0 Å². The lowest BCUT2D eigenvalue weighted by atomic mass is 10.1. The number of hydrogen-bond donors (Lipinski definition) is 2. The molecule has 2 N–H and O–H groups in total. The number of rotatable bonds is 4. The number of amides is 2. The second-order valence-corrected chi connectivity index (χ2v) is 4.92. The number of hydrogen-bond acceptors (Lipinski definition) is 5. The minimum absolute atomic E-state index is 0.216. The van der Waals surface area contributed by atoms with Gasteiger partial charge >= 0.3 is 0 Å². The summed E-state index contributed by atoms with van der Waals surface area (Å²) in [7, 11) is 1.55. The molecule has 0 radical (unpaired) electrons. The van der Waals surface area contributed by atoms with E-state index in [1.807, 2.05) is 0 Å². The Bertz CT molecular complexity index is 876. The number of carbonyl (C=O) groups is 2. The SMILES string of the molecule is CNC(=O)c1cccc(NC(=O)c2cccc(-n3cnnn3)c2)c1. The van der Waals surface area contributed by atoms with E-state index in [2.05, 4.69) is 26.2 Å². The minimum atomic E-state index is -0.293. The molecule has 0 aliphatic rings. The molecule has 2 aromatic carbocycles. The van der Waals surface area contributed by atoms with Crippen molar-refractivity contribution in [2.24, 2.45) is 0 Å². The maximum atomic E-state index is 12.4. The summed E-state index contributed by atoms with van der Waals surface area (Å²) in [5.41, 5.74) is 2.13. The van der Waals surface area contributed by atoms with Gasteiger partial charge in [0, 0.05) is 23.9 Å². The minimum Gasteiger partial charge on any atom is -0.355 e. The summed E-state index contributed by atoms with van der Waals surface area (Å²) in [6.07, 6.45) is 1.45. The van der Waals surface area contributed by atoms with Gasteiger partial charge in [-0.3, -0.25) is 9.59 Å². The van der Waals surface area contributed by atoms with Crippen molar-refractivity contribution in [1.29, 1.82) is 0 Å². The van der Waals surface area contributed by atoms with Crippen LogP contribution in [0.4, 0.5) is 5.69 Å². The first-order valence-electron chi connectivity index (χ1n) is 7.14. The Kier molecular flexibility index (Phi) is 4.28. The van der Waals surface area contributed by atoms with Gasteiger partial charge in [-0.15, -0.1) is 5.10 Å². The maximum Gasteiger partial charge on any atom is 0.255 e. The Morgan fingerprint density at radius 3 is 2.46 bits per heavy atom. The quantitative estimate of drug-likeness (QED) is 0.753. The van der Waals surface area contributed by atoms with Crippen molar-refractivity contribution in [1.82, 2.24) is 25.5 Å². The topological polar surface area (TPSA) is 102 Å². The van der Waals surface area contributed by atoms with Crippen LogP contribution in [-0.2, 0) is 0 Å². The van der Waals surface area contributed by atoms with E-state index in [0.717, 1.165) is 0 Å². The predicted molar refractivity (Wildman–Crippen MR) is 86.9 cm³/mol. The van der Waals surface area contributed by atoms with Crippen LogP contribution in [0.1, 0.15) is 20.7 Å². The van der Waals surface area contributed by atoms with Crippen molar-refractivity contribution in [2.45, 2.75) is 0 Å². The zero-order valence-electron chi connectivity index (χ0n) is 12.8. The van der Waals surface area contributed by atoms with E-state index in [0.29, 0.717) is 22.5 Å². The van der Waals surface area contributed by atoms with Gasteiger partial charge in [0.1, 0.15) is 6.33 Å². The Labute approximate surface area is 137 Å². The van der Waals surface area contributed by atoms with Gasteiger partial charge in [-0.05, 0) is 46.8 Å². The molecule has 0 bridgehead atoms. The van der Waals surface area contributed by atoms with Crippen LogP contribution < -0.4 is 10.6 Å². The Balaban J connectivity index is 1.81. The van der Waals surface area contributed by atoms with Crippen molar-refractivity contribution >= 4 is 17.5 Å². The van der Waals surface area contributed by atoms with Gasteiger partial charge in [0.2, 0.25) is 0 Å². The molecule has 120 valence electrons. The lowest BCUT2D eigenvalue weighted by Crippen LogP contribution is -2.18. The monoisotopic (exact) mass is 322 g/mol. The molecule has 0 aliphatic carbocycles. The Hall–Kier alpha value is -3.55. The van der Waals surface area contributed by atoms with E-state index >= 15 is 0 Å². The zero-order chi connectivity index (χ0) is 16.9. The van der Waals surface area contributed by atoms with Crippen LogP contribution in [0.3, 0.4) is 0 Å². The molecule has 2 amide bonds. The first-order valence-corrected chi connectivity index (χ1v) is 7.14. The first kappa shape index (κ1) is 15.3. The zero-order valence-corrected chi connectivity index (χ0v) is 12.8. The van der Waals surface area contributed by atoms with Gasteiger partial charge in [-0.25, -0.2) is 4.68 Å². The summed E-state index contributed by atoms with van der Waals surface area (Å²) < 4.78 is 1.46. The second-order valence-electron chi connectivity index (χ2n) is 4.92. The van der Waals surface area contributed by atoms with Gasteiger partial charge in [0.15, 0.2) is 0 Å². The number of nitrogens with zero attached hydrogens (tertiary/aromatic N) is 4. The Morgan fingerprint density at radius 1 is 1.00 bits per heavy atom. The third-order valence-electron chi connectivity index (χ3n) is 3.33. The number of nitrogens with one attached hydrogen (secondary N) is 2. The van der Waals surface area contributed by atoms with E-state index in [1.165, 1.54) is 11.0 Å². The molecule has 0 spiro atoms. The van der Waals surface area contributed by atoms with E-state index in [9.17, 15) is 9.59 Å². The highest BCUT2D eigenvalue weighted by molar-refractivity contribution is 6.05. The molecule has 24 heavy (non-hydrogen) atoms. The fourth-order valence-electron chi connectivity index (χ4n) is 2.16. The molecule has 1 aromatic heterocycles. The maximum absolute atomic E-state index is 12.4. The van der Waals surface area contributed by atoms with Gasteiger partial charge in [-0.2, -0.15) is 0 Å². The molecular weight excluding hydrogens is 308 g/mol. The highest BCUT2D eigenvalue weighted by Gasteiger charge is 2.10. The third kappa shape index (κ3) is 3.27. The molecule has 3 aromatic rings. The molecule has 0 saturated heterocycles. The number of benzene rings is 2. The summed E-state index contributed by atoms with van der Waals surface area (Å²) in [5, 5.41) is 16.2. The molecule has 8 nitrogen and oxygen atoms in total. The first-order chi connectivity index (χ1) is 11.7. The van der Waals surface area contributed by atoms with Crippen molar-refractivity contribution < 1.29 is 9.59 Å². The molecule has 0 unspecified atom stereocenters. The number of anilines is 1. The molecular formula is C16H14N6O2. The number of aromatic nitrogens is 4. The summed E-state index contributed by atoms with van der Waals surface area (Å²) in [4.78, 5) is 24.1. The van der Waals surface area contributed by atoms with Crippen molar-refractivity contribution in [3.8, 4) is 5.69 Å². The summed E-state index contributed by atoms with van der Waals surface area (Å²) in [6, 6.07) is 13.6. The number of tetrazole rings is 1. The Morgan fingerprint density at radius 2 is 1.75 bits per heavy atom. The van der Waals surface area contributed by atoms with Gasteiger partial charge in [0.05, 0.1) is 5.69 Å². The third-order valence-corrected chi connectivity index (χ3v) is 3.33. The summed E-state index contributed by atoms with van der Waals surface area (Å²) in [6.45, 7) is 0. The van der Waals surface area contributed by atoms with Crippen molar-refractivity contribution in [3.63, 3.8) is 0 Å². The highest BCUT2D eigenvalue weighted by Crippen LogP contribution is 2.14. The van der Waals surface area contributed by atoms with Gasteiger partial charge in [0.25, 0.3) is 11.8 Å². The molecule has 0 saturated carbocycles. The van der Waals surface area contributed by atoms with Gasteiger partial charge < -0.3 is 10.6 Å². The normalized spacial score (nSPS) is 10.2. The van der Waals surface area contributed by atoms with Crippen molar-refractivity contribution in [2.75, 3.05) is 12.4 Å². The van der Waals surface area contributed by atoms with Crippen LogP contribution in [-0.4, -0.2) is 39.1 Å². The van der Waals surface area contributed by atoms with E-state index in [-0.39, 0.29) is 11.8 Å².